The number of benzene rings is 3. The largest absolute Gasteiger partial charge is 0.460 e. The van der Waals surface area contributed by atoms with Crippen LogP contribution in [0.3, 0.4) is 0 Å². The highest BCUT2D eigenvalue weighted by Crippen LogP contribution is 2.15. The summed E-state index contributed by atoms with van der Waals surface area (Å²) in [5.41, 5.74) is 2.89. The maximum absolute atomic E-state index is 13.0. The molecule has 0 bridgehead atoms. The first-order valence-electron chi connectivity index (χ1n) is 11.9. The van der Waals surface area contributed by atoms with Crippen LogP contribution >= 0.6 is 0 Å². The van der Waals surface area contributed by atoms with E-state index in [1.165, 1.54) is 0 Å². The summed E-state index contributed by atoms with van der Waals surface area (Å²) in [7, 11) is 0. The fourth-order valence-electron chi connectivity index (χ4n) is 3.96. The van der Waals surface area contributed by atoms with Crippen LogP contribution in [0.1, 0.15) is 11.1 Å². The maximum Gasteiger partial charge on any atom is 0.410 e. The van der Waals surface area contributed by atoms with Gasteiger partial charge >= 0.3 is 12.1 Å². The number of esters is 1. The summed E-state index contributed by atoms with van der Waals surface area (Å²) in [6.07, 6.45) is -0.452. The number of hydrogen-bond acceptors (Lipinski definition) is 6. The van der Waals surface area contributed by atoms with Crippen molar-refractivity contribution >= 4 is 17.7 Å². The summed E-state index contributed by atoms with van der Waals surface area (Å²) in [6.45, 7) is 2.85. The summed E-state index contributed by atoms with van der Waals surface area (Å²) in [6, 6.07) is 28.5. The number of rotatable bonds is 6. The molecule has 4 rings (SSSR count). The number of anilines is 1. The Bertz CT molecular complexity index is 1060. The summed E-state index contributed by atoms with van der Waals surface area (Å²) in [4.78, 5) is 29.8. The Kier molecular flexibility index (Phi) is 8.73. The van der Waals surface area contributed by atoms with Gasteiger partial charge in [0.2, 0.25) is 0 Å². The molecule has 1 fully saturated rings. The maximum atomic E-state index is 13.0. The molecule has 1 heterocycles. The fourth-order valence-corrected chi connectivity index (χ4v) is 3.96. The van der Waals surface area contributed by atoms with Gasteiger partial charge in [0.1, 0.15) is 19.3 Å². The molecule has 1 N–H and O–H groups in total. The Labute approximate surface area is 206 Å². The SMILES string of the molecule is O=C(OCc1ccccc1)C1CN(C(=O)OCc2ccccc2)CCN(c2ccccc2)CCN1. The molecule has 1 unspecified atom stereocenters. The van der Waals surface area contributed by atoms with Crippen molar-refractivity contribution in [2.75, 3.05) is 37.6 Å². The van der Waals surface area contributed by atoms with E-state index in [4.69, 9.17) is 9.47 Å². The molecule has 182 valence electrons. The van der Waals surface area contributed by atoms with Crippen LogP contribution in [-0.4, -0.2) is 55.7 Å². The van der Waals surface area contributed by atoms with Crippen LogP contribution in [0.25, 0.3) is 0 Å². The molecule has 3 aromatic rings. The van der Waals surface area contributed by atoms with Gasteiger partial charge in [0.05, 0.1) is 6.54 Å². The number of nitrogens with zero attached hydrogens (tertiary/aromatic N) is 2. The Morgan fingerprint density at radius 1 is 0.743 bits per heavy atom. The number of ether oxygens (including phenoxy) is 2. The smallest absolute Gasteiger partial charge is 0.410 e. The highest BCUT2D eigenvalue weighted by Gasteiger charge is 2.28. The molecule has 0 spiro atoms. The summed E-state index contributed by atoms with van der Waals surface area (Å²) < 4.78 is 11.2. The lowest BCUT2D eigenvalue weighted by Gasteiger charge is -2.27. The molecule has 1 saturated heterocycles. The number of nitrogens with one attached hydrogen (secondary N) is 1. The summed E-state index contributed by atoms with van der Waals surface area (Å²) >= 11 is 0. The van der Waals surface area contributed by atoms with E-state index in [1.54, 1.807) is 4.90 Å². The molecule has 0 radical (unpaired) electrons. The number of amides is 1. The minimum absolute atomic E-state index is 0.171. The van der Waals surface area contributed by atoms with Gasteiger partial charge in [0.15, 0.2) is 0 Å². The molecular weight excluding hydrogens is 442 g/mol. The summed E-state index contributed by atoms with van der Waals surface area (Å²) in [5, 5.41) is 3.29. The van der Waals surface area contributed by atoms with Crippen molar-refractivity contribution < 1.29 is 19.1 Å². The third-order valence-corrected chi connectivity index (χ3v) is 5.91. The van der Waals surface area contributed by atoms with Gasteiger partial charge in [-0.15, -0.1) is 0 Å². The van der Waals surface area contributed by atoms with Crippen LogP contribution in [-0.2, 0) is 27.5 Å². The number of carbonyl (C=O) groups excluding carboxylic acids is 2. The average Bonchev–Trinajstić information content (AvgIpc) is 3.03. The summed E-state index contributed by atoms with van der Waals surface area (Å²) in [5.74, 6) is -0.386. The van der Waals surface area contributed by atoms with Crippen LogP contribution in [0, 0.1) is 0 Å². The molecule has 1 amide bonds. The Morgan fingerprint density at radius 2 is 1.31 bits per heavy atom. The Balaban J connectivity index is 1.44. The van der Waals surface area contributed by atoms with Gasteiger partial charge in [-0.25, -0.2) is 4.79 Å². The van der Waals surface area contributed by atoms with Crippen LogP contribution in [0.2, 0.25) is 0 Å². The van der Waals surface area contributed by atoms with Gasteiger partial charge in [0, 0.05) is 31.9 Å². The van der Waals surface area contributed by atoms with Crippen LogP contribution in [0.5, 0.6) is 0 Å². The topological polar surface area (TPSA) is 71.1 Å². The number of hydrogen-bond donors (Lipinski definition) is 1. The van der Waals surface area contributed by atoms with Gasteiger partial charge < -0.3 is 24.6 Å². The first kappa shape index (κ1) is 24.3. The highest BCUT2D eigenvalue weighted by atomic mass is 16.6. The van der Waals surface area contributed by atoms with Crippen molar-refractivity contribution in [1.29, 1.82) is 0 Å². The van der Waals surface area contributed by atoms with Gasteiger partial charge in [-0.1, -0.05) is 78.9 Å². The molecule has 0 saturated carbocycles. The van der Waals surface area contributed by atoms with Gasteiger partial charge in [-0.3, -0.25) is 4.79 Å². The van der Waals surface area contributed by atoms with E-state index in [0.717, 1.165) is 16.8 Å². The van der Waals surface area contributed by atoms with Crippen LogP contribution < -0.4 is 10.2 Å². The van der Waals surface area contributed by atoms with E-state index < -0.39 is 12.1 Å². The molecule has 1 atom stereocenters. The second kappa shape index (κ2) is 12.6. The fraction of sp³-hybridized carbons (Fsp3) is 0.286. The molecule has 1 aliphatic rings. The van der Waals surface area contributed by atoms with Crippen LogP contribution in [0.15, 0.2) is 91.0 Å². The van der Waals surface area contributed by atoms with E-state index in [-0.39, 0.29) is 25.7 Å². The van der Waals surface area contributed by atoms with Crippen molar-refractivity contribution in [3.05, 3.63) is 102 Å². The predicted octanol–water partition coefficient (Wildman–Crippen LogP) is 3.85. The van der Waals surface area contributed by atoms with E-state index in [9.17, 15) is 9.59 Å². The van der Waals surface area contributed by atoms with Crippen molar-refractivity contribution in [2.45, 2.75) is 19.3 Å². The second-order valence-corrected chi connectivity index (χ2v) is 8.41. The zero-order valence-corrected chi connectivity index (χ0v) is 19.7. The zero-order valence-electron chi connectivity index (χ0n) is 19.7. The second-order valence-electron chi connectivity index (χ2n) is 8.41. The molecule has 0 aliphatic carbocycles. The molecule has 1 aliphatic heterocycles. The quantitative estimate of drug-likeness (QED) is 0.549. The van der Waals surface area contributed by atoms with E-state index in [2.05, 4.69) is 10.2 Å². The average molecular weight is 474 g/mol. The first-order chi connectivity index (χ1) is 17.2. The Morgan fingerprint density at radius 3 is 1.94 bits per heavy atom. The normalized spacial score (nSPS) is 16.5. The molecule has 35 heavy (non-hydrogen) atoms. The van der Waals surface area contributed by atoms with E-state index in [1.807, 2.05) is 91.0 Å². The third-order valence-electron chi connectivity index (χ3n) is 5.91. The predicted molar refractivity (Wildman–Crippen MR) is 135 cm³/mol. The van der Waals surface area contributed by atoms with Crippen LogP contribution in [0.4, 0.5) is 10.5 Å². The highest BCUT2D eigenvalue weighted by molar-refractivity contribution is 5.77. The van der Waals surface area contributed by atoms with Gasteiger partial charge in [-0.2, -0.15) is 0 Å². The standard InChI is InChI=1S/C28H31N3O4/c32-27(34-21-23-10-4-1-5-11-23)26-20-31(28(33)35-22-24-12-6-2-7-13-24)19-18-30(17-16-29-26)25-14-8-3-9-15-25/h1-15,26,29H,16-22H2. The first-order valence-corrected chi connectivity index (χ1v) is 11.9. The Hall–Kier alpha value is -3.84. The third kappa shape index (κ3) is 7.32. The number of carbonyl (C=O) groups is 2. The van der Waals surface area contributed by atoms with E-state index in [0.29, 0.717) is 26.2 Å². The minimum atomic E-state index is -0.654. The lowest BCUT2D eigenvalue weighted by molar-refractivity contribution is -0.147. The molecular formula is C28H31N3O4. The van der Waals surface area contributed by atoms with Crippen molar-refractivity contribution in [1.82, 2.24) is 10.2 Å². The lowest BCUT2D eigenvalue weighted by Crippen LogP contribution is -2.49. The van der Waals surface area contributed by atoms with Crippen molar-refractivity contribution in [3.8, 4) is 0 Å². The van der Waals surface area contributed by atoms with E-state index >= 15 is 0 Å². The van der Waals surface area contributed by atoms with Gasteiger partial charge in [0.25, 0.3) is 0 Å². The van der Waals surface area contributed by atoms with Crippen molar-refractivity contribution in [2.24, 2.45) is 0 Å². The number of para-hydroxylation sites is 1. The molecule has 0 aromatic heterocycles. The zero-order chi connectivity index (χ0) is 24.3. The minimum Gasteiger partial charge on any atom is -0.460 e. The monoisotopic (exact) mass is 473 g/mol. The molecule has 7 heteroatoms. The van der Waals surface area contributed by atoms with Crippen molar-refractivity contribution in [3.63, 3.8) is 0 Å². The van der Waals surface area contributed by atoms with Gasteiger partial charge in [-0.05, 0) is 23.3 Å². The lowest BCUT2D eigenvalue weighted by atomic mass is 10.2. The molecule has 7 nitrogen and oxygen atoms in total. The molecule has 3 aromatic carbocycles.